The zero-order valence-electron chi connectivity index (χ0n) is 77.6. The second kappa shape index (κ2) is 32.7. The van der Waals surface area contributed by atoms with Gasteiger partial charge in [0.25, 0.3) is 0 Å². The third kappa shape index (κ3) is 12.2. The van der Waals surface area contributed by atoms with Crippen LogP contribution < -0.4 is 0 Å². The normalized spacial score (nSPS) is 11.7. The van der Waals surface area contributed by atoms with E-state index >= 15 is 0 Å². The second-order valence-electron chi connectivity index (χ2n) is 36.8. The van der Waals surface area contributed by atoms with Gasteiger partial charge in [-0.15, -0.1) is 0 Å². The standard InChI is InChI=1S/2C44H25N5.C43H26N4/c45-26-28-12-7-9-20-36(28)49-37-21-10-8-18-34(37)40-39(49)25-23-32-33-22-24-38-41(44(33)48(43(32)40)31-16-5-2-6-17-31)35-19-11-13-29(27-46)42(35)47(38)30-14-3-1-4-15-30;45-26-28-19-21-32(22-20-28)49-43-35(23-24-38-41(43)33-15-7-9-17-36(33)47(38)30-11-3-1-4-12-30)40-29(27-46)25-39-42(44(40)49)34-16-8-10-18-37(34)48(39)31-13-5-2-6-14-31;44-27-28-12-11-17-31(26-28)47-42-32(22-24-38-40(42)34-18-7-9-20-36(34)45(38)29-13-3-1-4-14-29)33-23-25-39-41(43(33)47)35-19-8-10-21-37(35)46(39)30-15-5-2-6-16-30/h2*1-25H;1-26H. The molecule has 30 aromatic rings. The van der Waals surface area contributed by atoms with Crippen molar-refractivity contribution >= 4 is 196 Å². The van der Waals surface area contributed by atoms with Crippen LogP contribution in [-0.2, 0) is 0 Å². The molecule has 0 aliphatic carbocycles. The molecule has 21 aromatic carbocycles. The lowest BCUT2D eigenvalue weighted by atomic mass is 10.0. The van der Waals surface area contributed by atoms with E-state index in [4.69, 9.17) is 0 Å². The molecule has 0 saturated heterocycles. The van der Waals surface area contributed by atoms with Gasteiger partial charge in [0.1, 0.15) is 12.1 Å². The summed E-state index contributed by atoms with van der Waals surface area (Å²) in [6.07, 6.45) is 0. The summed E-state index contributed by atoms with van der Waals surface area (Å²) in [5, 5.41) is 71.2. The number of hydrogen-bond donors (Lipinski definition) is 0. The summed E-state index contributed by atoms with van der Waals surface area (Å²) in [4.78, 5) is 0. The molecule has 9 heterocycles. The van der Waals surface area contributed by atoms with Crippen LogP contribution in [-0.4, -0.2) is 41.1 Å². The molecule has 30 rings (SSSR count). The van der Waals surface area contributed by atoms with Gasteiger partial charge in [-0.2, -0.15) is 26.3 Å². The number of fused-ring (bicyclic) bond motifs is 33. The summed E-state index contributed by atoms with van der Waals surface area (Å²) in [7, 11) is 0. The molecular weight excluding hydrogens is 1770 g/mol. The van der Waals surface area contributed by atoms with E-state index < -0.39 is 0 Å². The molecule has 0 unspecified atom stereocenters. The molecule has 0 aliphatic rings. The molecule has 14 nitrogen and oxygen atoms in total. The molecule has 14 heteroatoms. The van der Waals surface area contributed by atoms with Crippen molar-refractivity contribution in [1.82, 2.24) is 41.1 Å². The van der Waals surface area contributed by atoms with Crippen molar-refractivity contribution in [2.24, 2.45) is 0 Å². The van der Waals surface area contributed by atoms with Crippen molar-refractivity contribution in [2.75, 3.05) is 0 Å². The van der Waals surface area contributed by atoms with E-state index in [1.165, 1.54) is 32.3 Å². The van der Waals surface area contributed by atoms with Crippen LogP contribution >= 0.6 is 0 Å². The predicted octanol–water partition coefficient (Wildman–Crippen LogP) is 32.3. The molecule has 9 aromatic heterocycles. The van der Waals surface area contributed by atoms with E-state index in [0.29, 0.717) is 27.8 Å². The van der Waals surface area contributed by atoms with Gasteiger partial charge in [0.2, 0.25) is 0 Å². The minimum absolute atomic E-state index is 0.596. The van der Waals surface area contributed by atoms with Gasteiger partial charge in [-0.05, 0) is 200 Å². The summed E-state index contributed by atoms with van der Waals surface area (Å²) in [5.74, 6) is 0. The average Bonchev–Trinajstić information content (AvgIpc) is 1.52. The number of nitriles is 5. The maximum atomic E-state index is 10.9. The molecule has 0 atom stereocenters. The second-order valence-corrected chi connectivity index (χ2v) is 36.8. The molecule has 0 spiro atoms. The fourth-order valence-electron chi connectivity index (χ4n) is 23.7. The van der Waals surface area contributed by atoms with E-state index in [-0.39, 0.29) is 0 Å². The quantitative estimate of drug-likeness (QED) is 0.140. The zero-order chi connectivity index (χ0) is 96.3. The Morgan fingerprint density at radius 1 is 0.131 bits per heavy atom. The lowest BCUT2D eigenvalue weighted by Gasteiger charge is -2.11. The Morgan fingerprint density at radius 3 is 0.821 bits per heavy atom. The number of nitrogens with zero attached hydrogens (tertiary/aromatic N) is 14. The molecule has 0 fully saturated rings. The Kier molecular flexibility index (Phi) is 18.6. The molecule has 0 radical (unpaired) electrons. The summed E-state index contributed by atoms with van der Waals surface area (Å²) >= 11 is 0. The van der Waals surface area contributed by atoms with Crippen LogP contribution in [0.2, 0.25) is 0 Å². The minimum Gasteiger partial charge on any atom is -0.309 e. The molecule has 0 saturated carbocycles. The molecule has 0 N–H and O–H groups in total. The van der Waals surface area contributed by atoms with E-state index in [0.717, 1.165) is 215 Å². The van der Waals surface area contributed by atoms with Gasteiger partial charge in [-0.25, -0.2) is 0 Å². The van der Waals surface area contributed by atoms with Crippen molar-refractivity contribution in [3.63, 3.8) is 0 Å². The number of para-hydroxylation sites is 13. The van der Waals surface area contributed by atoms with Gasteiger partial charge in [-0.3, -0.25) is 0 Å². The first kappa shape index (κ1) is 82.5. The van der Waals surface area contributed by atoms with Crippen LogP contribution in [0.1, 0.15) is 27.8 Å². The summed E-state index contributed by atoms with van der Waals surface area (Å²) in [5.41, 5.74) is 31.6. The van der Waals surface area contributed by atoms with Crippen molar-refractivity contribution < 1.29 is 0 Å². The third-order valence-electron chi connectivity index (χ3n) is 29.4. The Bertz CT molecular complexity index is 10800. The SMILES string of the molecule is N#Cc1ccc(-n2c3c(ccc4c3c3ccccc3n4-c3ccccc3)c3c(C#N)cc4c(c5ccccc5n4-c4ccccc4)c32)cc1.N#Cc1cccc(-n2c3c(ccc4c3c3ccccc3n4-c3ccccc3)c3ccc4c(c5ccccc5n4-c4ccccc4)c32)c1.N#Cc1ccccc1-n1c2ccccc2c2c1ccc1c3ccc4c(c5cccc(C#N)c5n4-c4ccccc4)c3n(-c3ccccc3)c12. The Labute approximate surface area is 828 Å². The van der Waals surface area contributed by atoms with E-state index in [1.807, 2.05) is 127 Å². The molecule has 0 bridgehead atoms. The van der Waals surface area contributed by atoms with Crippen LogP contribution in [0, 0.1) is 56.7 Å². The number of benzene rings is 21. The van der Waals surface area contributed by atoms with Crippen molar-refractivity contribution in [3.8, 4) is 81.5 Å². The summed E-state index contributed by atoms with van der Waals surface area (Å²) < 4.78 is 21.0. The van der Waals surface area contributed by atoms with Gasteiger partial charge in [0, 0.05) is 142 Å². The lowest BCUT2D eigenvalue weighted by Crippen LogP contribution is -1.97. The van der Waals surface area contributed by atoms with Crippen molar-refractivity contribution in [2.45, 2.75) is 0 Å². The van der Waals surface area contributed by atoms with Crippen molar-refractivity contribution in [3.05, 3.63) is 489 Å². The molecule has 145 heavy (non-hydrogen) atoms. The largest absolute Gasteiger partial charge is 0.309 e. The molecule has 0 aliphatic heterocycles. The Balaban J connectivity index is 0.000000106. The van der Waals surface area contributed by atoms with Gasteiger partial charge < -0.3 is 41.1 Å². The van der Waals surface area contributed by atoms with Crippen LogP contribution in [0.5, 0.6) is 0 Å². The van der Waals surface area contributed by atoms with Crippen LogP contribution in [0.15, 0.2) is 461 Å². The first-order chi connectivity index (χ1) is 71.9. The summed E-state index contributed by atoms with van der Waals surface area (Å²) in [6, 6.07) is 172. The minimum atomic E-state index is 0.596. The number of hydrogen-bond acceptors (Lipinski definition) is 5. The van der Waals surface area contributed by atoms with Gasteiger partial charge in [0.05, 0.1) is 151 Å². The smallest absolute Gasteiger partial charge is 0.101 e. The maximum Gasteiger partial charge on any atom is 0.101 e. The fraction of sp³-hybridized carbons (Fsp3) is 0. The molecule has 670 valence electrons. The number of aromatic nitrogens is 9. The maximum absolute atomic E-state index is 10.9. The van der Waals surface area contributed by atoms with Gasteiger partial charge in [0.15, 0.2) is 0 Å². The highest BCUT2D eigenvalue weighted by molar-refractivity contribution is 6.36. The van der Waals surface area contributed by atoms with Crippen molar-refractivity contribution in [1.29, 1.82) is 26.3 Å². The predicted molar refractivity (Wildman–Crippen MR) is 592 cm³/mol. The highest BCUT2D eigenvalue weighted by atomic mass is 15.1. The highest BCUT2D eigenvalue weighted by Gasteiger charge is 2.32. The van der Waals surface area contributed by atoms with E-state index in [1.54, 1.807) is 0 Å². The zero-order valence-corrected chi connectivity index (χ0v) is 77.6. The fourth-order valence-corrected chi connectivity index (χ4v) is 23.7. The highest BCUT2D eigenvalue weighted by Crippen LogP contribution is 2.53. The monoisotopic (exact) mass is 1840 g/mol. The van der Waals surface area contributed by atoms with E-state index in [2.05, 4.69) is 405 Å². The van der Waals surface area contributed by atoms with E-state index in [9.17, 15) is 26.3 Å². The molecule has 0 amide bonds. The lowest BCUT2D eigenvalue weighted by molar-refractivity contribution is 1.16. The van der Waals surface area contributed by atoms with Crippen LogP contribution in [0.4, 0.5) is 0 Å². The summed E-state index contributed by atoms with van der Waals surface area (Å²) in [6.45, 7) is 0. The topological polar surface area (TPSA) is 163 Å². The van der Waals surface area contributed by atoms with Gasteiger partial charge >= 0.3 is 0 Å². The molecular formula is C131H76N14. The average molecular weight is 1850 g/mol. The van der Waals surface area contributed by atoms with Crippen LogP contribution in [0.25, 0.3) is 247 Å². The number of rotatable bonds is 9. The third-order valence-corrected chi connectivity index (χ3v) is 29.4. The van der Waals surface area contributed by atoms with Crippen LogP contribution in [0.3, 0.4) is 0 Å². The first-order valence-corrected chi connectivity index (χ1v) is 48.4. The van der Waals surface area contributed by atoms with Gasteiger partial charge in [-0.1, -0.05) is 261 Å². The first-order valence-electron chi connectivity index (χ1n) is 48.4. The Hall–Kier alpha value is -20.7. The Morgan fingerprint density at radius 2 is 0.407 bits per heavy atom.